The van der Waals surface area contributed by atoms with Crippen molar-refractivity contribution < 1.29 is 0 Å². The first-order valence-corrected chi connectivity index (χ1v) is 10.8. The second kappa shape index (κ2) is 8.14. The molecule has 0 unspecified atom stereocenters. The molecule has 0 saturated heterocycles. The van der Waals surface area contributed by atoms with Crippen LogP contribution in [-0.4, -0.2) is 14.8 Å². The molecule has 1 heterocycles. The standard InChI is InChI=1S/C26H35N3/c1-9-19-13-14-23(22(15-19)18(4)5)29-24(27-28-25(29)26(6,7)8)21-12-10-11-20(16-21)17(2)3/h10-18H,9H2,1-8H3. The Hall–Kier alpha value is -2.42. The zero-order valence-electron chi connectivity index (χ0n) is 19.2. The summed E-state index contributed by atoms with van der Waals surface area (Å²) < 4.78 is 2.29. The summed E-state index contributed by atoms with van der Waals surface area (Å²) in [5.74, 6) is 2.81. The van der Waals surface area contributed by atoms with Crippen LogP contribution in [-0.2, 0) is 11.8 Å². The van der Waals surface area contributed by atoms with Crippen molar-refractivity contribution in [1.29, 1.82) is 0 Å². The van der Waals surface area contributed by atoms with E-state index in [1.807, 2.05) is 0 Å². The van der Waals surface area contributed by atoms with Crippen molar-refractivity contribution in [1.82, 2.24) is 14.8 Å². The van der Waals surface area contributed by atoms with Gasteiger partial charge in [-0.25, -0.2) is 0 Å². The van der Waals surface area contributed by atoms with Crippen LogP contribution in [0.2, 0.25) is 0 Å². The molecule has 0 fully saturated rings. The minimum absolute atomic E-state index is 0.113. The molecule has 0 radical (unpaired) electrons. The lowest BCUT2D eigenvalue weighted by Gasteiger charge is -2.23. The molecule has 0 N–H and O–H groups in total. The highest BCUT2D eigenvalue weighted by molar-refractivity contribution is 5.62. The van der Waals surface area contributed by atoms with Crippen molar-refractivity contribution in [2.24, 2.45) is 0 Å². The van der Waals surface area contributed by atoms with E-state index in [0.29, 0.717) is 11.8 Å². The average Bonchev–Trinajstić information content (AvgIpc) is 3.13. The first kappa shape index (κ1) is 21.3. The first-order valence-electron chi connectivity index (χ1n) is 10.8. The van der Waals surface area contributed by atoms with Crippen LogP contribution in [0, 0.1) is 0 Å². The predicted molar refractivity (Wildman–Crippen MR) is 123 cm³/mol. The van der Waals surface area contributed by atoms with Crippen molar-refractivity contribution >= 4 is 0 Å². The lowest BCUT2D eigenvalue weighted by Crippen LogP contribution is -2.19. The van der Waals surface area contributed by atoms with Gasteiger partial charge in [-0.15, -0.1) is 10.2 Å². The summed E-state index contributed by atoms with van der Waals surface area (Å²) in [5, 5.41) is 9.36. The van der Waals surface area contributed by atoms with Gasteiger partial charge in [-0.1, -0.05) is 85.7 Å². The molecule has 1 aromatic heterocycles. The SMILES string of the molecule is CCc1ccc(-n2c(-c3cccc(C(C)C)c3)nnc2C(C)(C)C)c(C(C)C)c1. The predicted octanol–water partition coefficient (Wildman–Crippen LogP) is 7.04. The maximum Gasteiger partial charge on any atom is 0.168 e. The molecule has 3 aromatic rings. The quantitative estimate of drug-likeness (QED) is 0.468. The third kappa shape index (κ3) is 4.29. The molecule has 0 aliphatic carbocycles. The lowest BCUT2D eigenvalue weighted by molar-refractivity contribution is 0.532. The highest BCUT2D eigenvalue weighted by atomic mass is 15.3. The van der Waals surface area contributed by atoms with Crippen molar-refractivity contribution in [2.45, 2.75) is 79.1 Å². The molecule has 0 amide bonds. The molecule has 0 aliphatic rings. The second-order valence-corrected chi connectivity index (χ2v) is 9.61. The third-order valence-electron chi connectivity index (χ3n) is 5.51. The molecule has 0 saturated carbocycles. The number of benzene rings is 2. The number of rotatable bonds is 5. The van der Waals surface area contributed by atoms with E-state index in [4.69, 9.17) is 0 Å². The molecule has 0 atom stereocenters. The summed E-state index contributed by atoms with van der Waals surface area (Å²) in [4.78, 5) is 0. The first-order chi connectivity index (χ1) is 13.6. The molecular formula is C26H35N3. The number of hydrogen-bond donors (Lipinski definition) is 0. The van der Waals surface area contributed by atoms with Crippen LogP contribution in [0.5, 0.6) is 0 Å². The Morgan fingerprint density at radius 3 is 2.21 bits per heavy atom. The Bertz CT molecular complexity index is 987. The van der Waals surface area contributed by atoms with Gasteiger partial charge in [-0.3, -0.25) is 4.57 Å². The van der Waals surface area contributed by atoms with Crippen LogP contribution >= 0.6 is 0 Å². The summed E-state index contributed by atoms with van der Waals surface area (Å²) in [7, 11) is 0. The van der Waals surface area contributed by atoms with E-state index in [-0.39, 0.29) is 5.41 Å². The van der Waals surface area contributed by atoms with Gasteiger partial charge in [0.25, 0.3) is 0 Å². The maximum absolute atomic E-state index is 4.69. The summed E-state index contributed by atoms with van der Waals surface area (Å²) in [6.07, 6.45) is 1.04. The molecule has 0 aliphatic heterocycles. The number of aryl methyl sites for hydroxylation is 1. The number of nitrogens with zero attached hydrogens (tertiary/aromatic N) is 3. The Kier molecular flexibility index (Phi) is 5.97. The zero-order chi connectivity index (χ0) is 21.3. The molecule has 29 heavy (non-hydrogen) atoms. The molecule has 0 bridgehead atoms. The Balaban J connectivity index is 2.31. The Morgan fingerprint density at radius 2 is 1.62 bits per heavy atom. The number of aromatic nitrogens is 3. The molecule has 154 valence electrons. The van der Waals surface area contributed by atoms with Gasteiger partial charge in [-0.05, 0) is 47.1 Å². The van der Waals surface area contributed by atoms with E-state index >= 15 is 0 Å². The summed E-state index contributed by atoms with van der Waals surface area (Å²) >= 11 is 0. The molecule has 3 nitrogen and oxygen atoms in total. The Labute approximate surface area is 176 Å². The van der Waals surface area contributed by atoms with Crippen LogP contribution in [0.1, 0.15) is 89.7 Å². The zero-order valence-corrected chi connectivity index (χ0v) is 19.2. The maximum atomic E-state index is 4.69. The fourth-order valence-electron chi connectivity index (χ4n) is 3.71. The van der Waals surface area contributed by atoms with Crippen LogP contribution in [0.4, 0.5) is 0 Å². The van der Waals surface area contributed by atoms with Crippen molar-refractivity contribution in [2.75, 3.05) is 0 Å². The highest BCUT2D eigenvalue weighted by Gasteiger charge is 2.27. The van der Waals surface area contributed by atoms with E-state index in [1.54, 1.807) is 0 Å². The summed E-state index contributed by atoms with van der Waals surface area (Å²) in [6, 6.07) is 15.6. The fraction of sp³-hybridized carbons (Fsp3) is 0.462. The molecule has 0 spiro atoms. The van der Waals surface area contributed by atoms with Crippen molar-refractivity contribution in [3.63, 3.8) is 0 Å². The van der Waals surface area contributed by atoms with Crippen LogP contribution in [0.3, 0.4) is 0 Å². The van der Waals surface area contributed by atoms with E-state index in [1.165, 1.54) is 22.4 Å². The Morgan fingerprint density at radius 1 is 0.897 bits per heavy atom. The fourth-order valence-corrected chi connectivity index (χ4v) is 3.71. The average molecular weight is 390 g/mol. The normalized spacial score (nSPS) is 12.2. The van der Waals surface area contributed by atoms with Gasteiger partial charge in [0, 0.05) is 11.0 Å². The summed E-state index contributed by atoms with van der Waals surface area (Å²) in [5.41, 5.74) is 6.23. The largest absolute Gasteiger partial charge is 0.278 e. The van der Waals surface area contributed by atoms with Crippen molar-refractivity contribution in [3.8, 4) is 17.1 Å². The molecule has 3 heteroatoms. The molecule has 3 rings (SSSR count). The monoisotopic (exact) mass is 389 g/mol. The topological polar surface area (TPSA) is 30.7 Å². The van der Waals surface area contributed by atoms with Gasteiger partial charge in [0.15, 0.2) is 5.82 Å². The van der Waals surface area contributed by atoms with Gasteiger partial charge in [0.05, 0.1) is 5.69 Å². The lowest BCUT2D eigenvalue weighted by atomic mass is 9.93. The second-order valence-electron chi connectivity index (χ2n) is 9.61. The van der Waals surface area contributed by atoms with Gasteiger partial charge >= 0.3 is 0 Å². The van der Waals surface area contributed by atoms with Crippen LogP contribution < -0.4 is 0 Å². The summed E-state index contributed by atoms with van der Waals surface area (Å²) in [6.45, 7) is 17.8. The van der Waals surface area contributed by atoms with Gasteiger partial charge in [-0.2, -0.15) is 0 Å². The van der Waals surface area contributed by atoms with Crippen LogP contribution in [0.25, 0.3) is 17.1 Å². The van der Waals surface area contributed by atoms with E-state index in [9.17, 15) is 0 Å². The minimum Gasteiger partial charge on any atom is -0.278 e. The smallest absolute Gasteiger partial charge is 0.168 e. The van der Waals surface area contributed by atoms with Crippen molar-refractivity contribution in [3.05, 3.63) is 65.0 Å². The number of hydrogen-bond acceptors (Lipinski definition) is 2. The van der Waals surface area contributed by atoms with Crippen LogP contribution in [0.15, 0.2) is 42.5 Å². The van der Waals surface area contributed by atoms with E-state index < -0.39 is 0 Å². The van der Waals surface area contributed by atoms with E-state index in [0.717, 1.165) is 23.6 Å². The highest BCUT2D eigenvalue weighted by Crippen LogP contribution is 2.34. The van der Waals surface area contributed by atoms with Gasteiger partial charge < -0.3 is 0 Å². The molecular weight excluding hydrogens is 354 g/mol. The van der Waals surface area contributed by atoms with Gasteiger partial charge in [0.1, 0.15) is 5.82 Å². The third-order valence-corrected chi connectivity index (χ3v) is 5.51. The van der Waals surface area contributed by atoms with Gasteiger partial charge in [0.2, 0.25) is 0 Å². The minimum atomic E-state index is -0.113. The van der Waals surface area contributed by atoms with E-state index in [2.05, 4.69) is 113 Å². The molecule has 2 aromatic carbocycles.